The Hall–Kier alpha value is -2.96. The number of rotatable bonds is 5. The summed E-state index contributed by atoms with van der Waals surface area (Å²) in [4.78, 5) is 15.3. The van der Waals surface area contributed by atoms with Crippen molar-refractivity contribution in [1.29, 1.82) is 0 Å². The summed E-state index contributed by atoms with van der Waals surface area (Å²) in [6.45, 7) is 3.27. The van der Waals surface area contributed by atoms with Crippen molar-refractivity contribution in [3.05, 3.63) is 101 Å². The van der Waals surface area contributed by atoms with Crippen molar-refractivity contribution in [2.45, 2.75) is 18.2 Å². The van der Waals surface area contributed by atoms with Crippen LogP contribution in [0, 0.1) is 6.92 Å². The molecule has 0 saturated carbocycles. The standard InChI is InChI=1S/C25H26N2O3S/c1-20-11-13-23(14-12-20)31(29,30)27-17-15-26(16-18-27)25(28)24-10-6-5-9-22(24)19-21-7-3-2-4-8-21/h2-14H,15-19H2,1H3. The van der Waals surface area contributed by atoms with Crippen LogP contribution in [0.1, 0.15) is 27.0 Å². The number of hydrogen-bond acceptors (Lipinski definition) is 3. The summed E-state index contributed by atoms with van der Waals surface area (Å²) in [5.41, 5.74) is 3.83. The highest BCUT2D eigenvalue weighted by Gasteiger charge is 2.30. The monoisotopic (exact) mass is 434 g/mol. The summed E-state index contributed by atoms with van der Waals surface area (Å²) in [6, 6.07) is 24.6. The van der Waals surface area contributed by atoms with E-state index < -0.39 is 10.0 Å². The van der Waals surface area contributed by atoms with E-state index in [1.165, 1.54) is 4.31 Å². The smallest absolute Gasteiger partial charge is 0.254 e. The Bertz CT molecular complexity index is 1150. The van der Waals surface area contributed by atoms with E-state index in [2.05, 4.69) is 12.1 Å². The van der Waals surface area contributed by atoms with Gasteiger partial charge in [0.2, 0.25) is 10.0 Å². The Morgan fingerprint density at radius 1 is 0.806 bits per heavy atom. The third-order valence-corrected chi connectivity index (χ3v) is 7.58. The van der Waals surface area contributed by atoms with Crippen LogP contribution in [-0.2, 0) is 16.4 Å². The van der Waals surface area contributed by atoms with Crippen LogP contribution in [0.25, 0.3) is 0 Å². The summed E-state index contributed by atoms with van der Waals surface area (Å²) in [7, 11) is -3.55. The molecule has 0 aromatic heterocycles. The molecule has 0 unspecified atom stereocenters. The van der Waals surface area contributed by atoms with Crippen molar-refractivity contribution < 1.29 is 13.2 Å². The Balaban J connectivity index is 1.46. The predicted molar refractivity (Wildman–Crippen MR) is 122 cm³/mol. The molecule has 1 saturated heterocycles. The second-order valence-corrected chi connectivity index (χ2v) is 9.77. The Kier molecular flexibility index (Phi) is 6.20. The van der Waals surface area contributed by atoms with Gasteiger partial charge in [0.25, 0.3) is 5.91 Å². The van der Waals surface area contributed by atoms with Crippen LogP contribution in [-0.4, -0.2) is 49.7 Å². The van der Waals surface area contributed by atoms with Gasteiger partial charge in [-0.05, 0) is 42.7 Å². The van der Waals surface area contributed by atoms with Crippen molar-refractivity contribution in [3.8, 4) is 0 Å². The molecule has 0 N–H and O–H groups in total. The number of benzene rings is 3. The van der Waals surface area contributed by atoms with E-state index >= 15 is 0 Å². The van der Waals surface area contributed by atoms with Gasteiger partial charge < -0.3 is 4.90 Å². The van der Waals surface area contributed by atoms with E-state index in [4.69, 9.17) is 0 Å². The van der Waals surface area contributed by atoms with Gasteiger partial charge in [0, 0.05) is 31.7 Å². The molecule has 0 aliphatic carbocycles. The molecule has 3 aromatic carbocycles. The van der Waals surface area contributed by atoms with E-state index in [1.807, 2.05) is 49.4 Å². The van der Waals surface area contributed by atoms with Crippen LogP contribution in [0.15, 0.2) is 83.8 Å². The fourth-order valence-corrected chi connectivity index (χ4v) is 5.28. The summed E-state index contributed by atoms with van der Waals surface area (Å²) < 4.78 is 27.3. The zero-order valence-electron chi connectivity index (χ0n) is 17.6. The highest BCUT2D eigenvalue weighted by Crippen LogP contribution is 2.21. The van der Waals surface area contributed by atoms with Crippen LogP contribution in [0.4, 0.5) is 0 Å². The molecule has 0 spiro atoms. The summed E-state index contributed by atoms with van der Waals surface area (Å²) in [5.74, 6) is -0.0427. The number of carbonyl (C=O) groups is 1. The van der Waals surface area contributed by atoms with Crippen LogP contribution in [0.3, 0.4) is 0 Å². The largest absolute Gasteiger partial charge is 0.336 e. The van der Waals surface area contributed by atoms with E-state index in [0.29, 0.717) is 43.1 Å². The molecule has 5 nitrogen and oxygen atoms in total. The first-order valence-electron chi connectivity index (χ1n) is 10.4. The van der Waals surface area contributed by atoms with Gasteiger partial charge in [-0.2, -0.15) is 4.31 Å². The topological polar surface area (TPSA) is 57.7 Å². The molecule has 1 heterocycles. The maximum atomic E-state index is 13.2. The fourth-order valence-electron chi connectivity index (χ4n) is 3.86. The van der Waals surface area contributed by atoms with Crippen LogP contribution in [0.2, 0.25) is 0 Å². The van der Waals surface area contributed by atoms with E-state index in [-0.39, 0.29) is 5.91 Å². The Morgan fingerprint density at radius 3 is 2.10 bits per heavy atom. The number of sulfonamides is 1. The Labute approximate surface area is 184 Å². The minimum Gasteiger partial charge on any atom is -0.336 e. The predicted octanol–water partition coefficient (Wildman–Crippen LogP) is 3.73. The molecule has 1 aliphatic rings. The van der Waals surface area contributed by atoms with Crippen LogP contribution < -0.4 is 0 Å². The van der Waals surface area contributed by atoms with Crippen LogP contribution in [0.5, 0.6) is 0 Å². The molecular formula is C25H26N2O3S. The van der Waals surface area contributed by atoms with Crippen LogP contribution >= 0.6 is 0 Å². The van der Waals surface area contributed by atoms with Crippen molar-refractivity contribution in [2.75, 3.05) is 26.2 Å². The van der Waals surface area contributed by atoms with E-state index in [9.17, 15) is 13.2 Å². The summed E-state index contributed by atoms with van der Waals surface area (Å²) >= 11 is 0. The van der Waals surface area contributed by atoms with Gasteiger partial charge in [0.15, 0.2) is 0 Å². The number of amides is 1. The molecular weight excluding hydrogens is 408 g/mol. The molecule has 1 amide bonds. The average molecular weight is 435 g/mol. The summed E-state index contributed by atoms with van der Waals surface area (Å²) in [6.07, 6.45) is 0.685. The molecule has 4 rings (SSSR count). The SMILES string of the molecule is Cc1ccc(S(=O)(=O)N2CCN(C(=O)c3ccccc3Cc3ccccc3)CC2)cc1. The molecule has 3 aromatic rings. The molecule has 160 valence electrons. The third-order valence-electron chi connectivity index (χ3n) is 5.67. The minimum atomic E-state index is -3.55. The van der Waals surface area contributed by atoms with Gasteiger partial charge in [0.1, 0.15) is 0 Å². The highest BCUT2D eigenvalue weighted by atomic mass is 32.2. The normalized spacial score (nSPS) is 15.1. The van der Waals surface area contributed by atoms with Gasteiger partial charge in [-0.25, -0.2) is 8.42 Å². The Morgan fingerprint density at radius 2 is 1.42 bits per heavy atom. The average Bonchev–Trinajstić information content (AvgIpc) is 2.80. The first kappa shape index (κ1) is 21.3. The lowest BCUT2D eigenvalue weighted by Gasteiger charge is -2.34. The number of carbonyl (C=O) groups excluding carboxylic acids is 1. The summed E-state index contributed by atoms with van der Waals surface area (Å²) in [5, 5.41) is 0. The molecule has 0 radical (unpaired) electrons. The number of hydrogen-bond donors (Lipinski definition) is 0. The van der Waals surface area contributed by atoms with E-state index in [0.717, 1.165) is 16.7 Å². The zero-order chi connectivity index (χ0) is 21.8. The fraction of sp³-hybridized carbons (Fsp3) is 0.240. The molecule has 31 heavy (non-hydrogen) atoms. The third kappa shape index (κ3) is 4.70. The van der Waals surface area contributed by atoms with Crippen molar-refractivity contribution in [3.63, 3.8) is 0 Å². The van der Waals surface area contributed by atoms with Crippen molar-refractivity contribution in [2.24, 2.45) is 0 Å². The first-order valence-corrected chi connectivity index (χ1v) is 11.9. The second kappa shape index (κ2) is 9.04. The first-order chi connectivity index (χ1) is 14.9. The highest BCUT2D eigenvalue weighted by molar-refractivity contribution is 7.89. The minimum absolute atomic E-state index is 0.0427. The van der Waals surface area contributed by atoms with Gasteiger partial charge in [-0.3, -0.25) is 4.79 Å². The second-order valence-electron chi connectivity index (χ2n) is 7.83. The quantitative estimate of drug-likeness (QED) is 0.615. The van der Waals surface area contributed by atoms with E-state index in [1.54, 1.807) is 29.2 Å². The molecule has 0 bridgehead atoms. The maximum absolute atomic E-state index is 13.2. The molecule has 6 heteroatoms. The number of aryl methyl sites for hydroxylation is 1. The molecule has 0 atom stereocenters. The van der Waals surface area contributed by atoms with Crippen molar-refractivity contribution >= 4 is 15.9 Å². The van der Waals surface area contributed by atoms with Gasteiger partial charge in [-0.15, -0.1) is 0 Å². The number of piperazine rings is 1. The lowest BCUT2D eigenvalue weighted by Crippen LogP contribution is -2.50. The zero-order valence-corrected chi connectivity index (χ0v) is 18.4. The lowest BCUT2D eigenvalue weighted by molar-refractivity contribution is 0.0697. The van der Waals surface area contributed by atoms with Crippen molar-refractivity contribution in [1.82, 2.24) is 9.21 Å². The maximum Gasteiger partial charge on any atom is 0.254 e. The lowest BCUT2D eigenvalue weighted by atomic mass is 9.99. The van der Waals surface area contributed by atoms with Gasteiger partial charge in [-0.1, -0.05) is 66.2 Å². The number of nitrogens with zero attached hydrogens (tertiary/aromatic N) is 2. The molecule has 1 aliphatic heterocycles. The van der Waals surface area contributed by atoms with Gasteiger partial charge in [0.05, 0.1) is 4.90 Å². The van der Waals surface area contributed by atoms with Gasteiger partial charge >= 0.3 is 0 Å². The molecule has 1 fully saturated rings.